The molecule has 5 rings (SSSR count). The van der Waals surface area contributed by atoms with E-state index in [1.807, 2.05) is 0 Å². The summed E-state index contributed by atoms with van der Waals surface area (Å²) in [5.41, 5.74) is 0.457. The van der Waals surface area contributed by atoms with Gasteiger partial charge in [-0.3, -0.25) is 4.79 Å². The normalized spacial score (nSPS) is 43.8. The van der Waals surface area contributed by atoms with Crippen LogP contribution in [0.1, 0.15) is 77.6 Å². The lowest BCUT2D eigenvalue weighted by Gasteiger charge is -2.59. The van der Waals surface area contributed by atoms with Crippen molar-refractivity contribution in [2.24, 2.45) is 29.1 Å². The molecule has 5 aliphatic rings. The quantitative estimate of drug-likeness (QED) is 0.825. The molecule has 2 nitrogen and oxygen atoms in total. The largest absolute Gasteiger partial charge is 0.353 e. The van der Waals surface area contributed by atoms with Gasteiger partial charge >= 0.3 is 0 Å². The summed E-state index contributed by atoms with van der Waals surface area (Å²) in [6.45, 7) is 2.31. The Kier molecular flexibility index (Phi) is 3.54. The fourth-order valence-electron chi connectivity index (χ4n) is 6.56. The summed E-state index contributed by atoms with van der Waals surface area (Å²) < 4.78 is 0. The van der Waals surface area contributed by atoms with E-state index in [4.69, 9.17) is 0 Å². The van der Waals surface area contributed by atoms with Gasteiger partial charge in [-0.25, -0.2) is 0 Å². The molecule has 0 heterocycles. The highest BCUT2D eigenvalue weighted by atomic mass is 16.1. The second kappa shape index (κ2) is 5.28. The topological polar surface area (TPSA) is 29.1 Å². The molecule has 1 atom stereocenters. The highest BCUT2D eigenvalue weighted by molar-refractivity contribution is 5.79. The maximum absolute atomic E-state index is 12.6. The van der Waals surface area contributed by atoms with Crippen LogP contribution in [0.4, 0.5) is 0 Å². The van der Waals surface area contributed by atoms with Crippen molar-refractivity contribution in [3.63, 3.8) is 0 Å². The summed E-state index contributed by atoms with van der Waals surface area (Å²) in [5.74, 6) is 3.62. The Hall–Kier alpha value is -0.530. The highest BCUT2D eigenvalue weighted by Crippen LogP contribution is 2.61. The summed E-state index contributed by atoms with van der Waals surface area (Å²) in [6, 6.07) is 0.403. The molecule has 0 aromatic heterocycles. The molecule has 0 saturated heterocycles. The summed E-state index contributed by atoms with van der Waals surface area (Å²) in [5, 5.41) is 3.47. The van der Waals surface area contributed by atoms with E-state index in [-0.39, 0.29) is 0 Å². The molecule has 1 unspecified atom stereocenters. The summed E-state index contributed by atoms with van der Waals surface area (Å²) >= 11 is 0. The van der Waals surface area contributed by atoms with Crippen LogP contribution in [0.25, 0.3) is 0 Å². The predicted octanol–water partition coefficient (Wildman–Crippen LogP) is 4.29. The average Bonchev–Trinajstić information content (AvgIpc) is 2.46. The van der Waals surface area contributed by atoms with E-state index in [1.165, 1.54) is 57.8 Å². The maximum Gasteiger partial charge on any atom is 0.223 e. The number of amides is 1. The van der Waals surface area contributed by atoms with Crippen LogP contribution in [0.5, 0.6) is 0 Å². The molecule has 118 valence electrons. The van der Waals surface area contributed by atoms with Gasteiger partial charge in [0.15, 0.2) is 0 Å². The van der Waals surface area contributed by atoms with Gasteiger partial charge in [-0.1, -0.05) is 19.3 Å². The lowest BCUT2D eigenvalue weighted by molar-refractivity contribution is -0.130. The Morgan fingerprint density at radius 2 is 1.48 bits per heavy atom. The fraction of sp³-hybridized carbons (Fsp3) is 0.947. The number of hydrogen-bond donors (Lipinski definition) is 1. The minimum absolute atomic E-state index is 0.315. The first-order chi connectivity index (χ1) is 10.1. The van der Waals surface area contributed by atoms with Crippen LogP contribution in [-0.4, -0.2) is 11.9 Å². The molecule has 0 radical (unpaired) electrons. The van der Waals surface area contributed by atoms with E-state index < -0.39 is 0 Å². The number of hydrogen-bond acceptors (Lipinski definition) is 1. The third-order valence-corrected chi connectivity index (χ3v) is 7.34. The van der Waals surface area contributed by atoms with Crippen LogP contribution in [0.15, 0.2) is 0 Å². The molecular weight excluding hydrogens is 258 g/mol. The summed E-state index contributed by atoms with van der Waals surface area (Å²) in [6.07, 6.45) is 14.7. The number of nitrogens with one attached hydrogen (secondary N) is 1. The van der Waals surface area contributed by atoms with E-state index in [1.54, 1.807) is 0 Å². The van der Waals surface area contributed by atoms with E-state index >= 15 is 0 Å². The van der Waals surface area contributed by atoms with Crippen molar-refractivity contribution in [2.75, 3.05) is 0 Å². The zero-order chi connectivity index (χ0) is 14.4. The highest BCUT2D eigenvalue weighted by Gasteiger charge is 2.53. The van der Waals surface area contributed by atoms with Crippen molar-refractivity contribution in [2.45, 2.75) is 83.6 Å². The van der Waals surface area contributed by atoms with Crippen molar-refractivity contribution >= 4 is 5.91 Å². The van der Waals surface area contributed by atoms with E-state index in [0.29, 0.717) is 23.3 Å². The Morgan fingerprint density at radius 1 is 0.952 bits per heavy atom. The predicted molar refractivity (Wildman–Crippen MR) is 84.8 cm³/mol. The van der Waals surface area contributed by atoms with Crippen molar-refractivity contribution in [3.05, 3.63) is 0 Å². The summed E-state index contributed by atoms with van der Waals surface area (Å²) in [4.78, 5) is 12.6. The second-order valence-electron chi connectivity index (χ2n) is 8.85. The molecule has 1 N–H and O–H groups in total. The molecule has 0 spiro atoms. The first-order valence-corrected chi connectivity index (χ1v) is 9.45. The third kappa shape index (κ3) is 2.53. The molecule has 5 aliphatic carbocycles. The van der Waals surface area contributed by atoms with Crippen molar-refractivity contribution in [1.29, 1.82) is 0 Å². The van der Waals surface area contributed by atoms with Gasteiger partial charge in [0.25, 0.3) is 0 Å². The Bertz CT molecular complexity index is 375. The van der Waals surface area contributed by atoms with Gasteiger partial charge in [-0.15, -0.1) is 0 Å². The molecule has 1 amide bonds. The van der Waals surface area contributed by atoms with Gasteiger partial charge in [0.05, 0.1) is 0 Å². The second-order valence-corrected chi connectivity index (χ2v) is 8.85. The Balaban J connectivity index is 1.42. The van der Waals surface area contributed by atoms with Gasteiger partial charge < -0.3 is 5.32 Å². The molecular formula is C19H31NO. The minimum Gasteiger partial charge on any atom is -0.353 e. The van der Waals surface area contributed by atoms with E-state index in [0.717, 1.165) is 30.6 Å². The van der Waals surface area contributed by atoms with Gasteiger partial charge in [0, 0.05) is 12.0 Å². The fourth-order valence-corrected chi connectivity index (χ4v) is 6.56. The minimum atomic E-state index is 0.315. The number of carbonyl (C=O) groups is 1. The van der Waals surface area contributed by atoms with Crippen LogP contribution >= 0.6 is 0 Å². The van der Waals surface area contributed by atoms with Crippen molar-refractivity contribution in [1.82, 2.24) is 5.32 Å². The van der Waals surface area contributed by atoms with Crippen molar-refractivity contribution < 1.29 is 4.79 Å². The SMILES string of the molecule is CC(NC(=O)C1CCCCC1)C12CC3CC(CC(C3)C1)C2. The zero-order valence-corrected chi connectivity index (χ0v) is 13.6. The number of carbonyl (C=O) groups excluding carboxylic acids is 1. The van der Waals surface area contributed by atoms with Crippen molar-refractivity contribution in [3.8, 4) is 0 Å². The standard InChI is InChI=1S/C19H31NO/c1-13(20-18(21)17-5-3-2-4-6-17)19-10-14-7-15(11-19)9-16(8-14)12-19/h13-17H,2-12H2,1H3,(H,20,21). The molecule has 4 bridgehead atoms. The van der Waals surface area contributed by atoms with Gasteiger partial charge in [0.1, 0.15) is 0 Å². The Morgan fingerprint density at radius 3 is 2.00 bits per heavy atom. The van der Waals surface area contributed by atoms with Crippen LogP contribution in [0.3, 0.4) is 0 Å². The van der Waals surface area contributed by atoms with Gasteiger partial charge in [-0.05, 0) is 81.5 Å². The molecule has 2 heteroatoms. The molecule has 5 fully saturated rings. The smallest absolute Gasteiger partial charge is 0.223 e. The molecule has 0 aromatic carbocycles. The molecule has 5 saturated carbocycles. The molecule has 21 heavy (non-hydrogen) atoms. The molecule has 0 aromatic rings. The molecule has 0 aliphatic heterocycles. The van der Waals surface area contributed by atoms with Crippen LogP contribution < -0.4 is 5.32 Å². The van der Waals surface area contributed by atoms with Crippen LogP contribution in [0, 0.1) is 29.1 Å². The summed E-state index contributed by atoms with van der Waals surface area (Å²) in [7, 11) is 0. The first-order valence-electron chi connectivity index (χ1n) is 9.45. The van der Waals surface area contributed by atoms with E-state index in [9.17, 15) is 4.79 Å². The average molecular weight is 289 g/mol. The monoisotopic (exact) mass is 289 g/mol. The lowest BCUT2D eigenvalue weighted by atomic mass is 9.48. The van der Waals surface area contributed by atoms with E-state index in [2.05, 4.69) is 12.2 Å². The van der Waals surface area contributed by atoms with Crippen LogP contribution in [0.2, 0.25) is 0 Å². The zero-order valence-electron chi connectivity index (χ0n) is 13.6. The maximum atomic E-state index is 12.6. The first kappa shape index (κ1) is 14.1. The Labute approximate surface area is 129 Å². The van der Waals surface area contributed by atoms with Gasteiger partial charge in [0.2, 0.25) is 5.91 Å². The van der Waals surface area contributed by atoms with Crippen LogP contribution in [-0.2, 0) is 4.79 Å². The lowest BCUT2D eigenvalue weighted by Crippen LogP contribution is -2.56. The van der Waals surface area contributed by atoms with Gasteiger partial charge in [-0.2, -0.15) is 0 Å². The third-order valence-electron chi connectivity index (χ3n) is 7.34. The number of rotatable bonds is 3.